The molecule has 0 aromatic heterocycles. The quantitative estimate of drug-likeness (QED) is 0.193. The summed E-state index contributed by atoms with van der Waals surface area (Å²) in [4.78, 5) is 32.7. The Morgan fingerprint density at radius 1 is 0.776 bits per heavy atom. The fourth-order valence-electron chi connectivity index (χ4n) is 5.95. The highest BCUT2D eigenvalue weighted by Crippen LogP contribution is 2.29. The van der Waals surface area contributed by atoms with Crippen LogP contribution in [0.25, 0.3) is 0 Å². The molecule has 0 bridgehead atoms. The number of carbonyl (C=O) groups excluding carboxylic acids is 2. The predicted molar refractivity (Wildman–Crippen MR) is 191 cm³/mol. The van der Waals surface area contributed by atoms with Crippen molar-refractivity contribution >= 4 is 52.1 Å². The van der Waals surface area contributed by atoms with Gasteiger partial charge in [0, 0.05) is 49.1 Å². The minimum atomic E-state index is -0.735. The molecule has 6 rings (SSSR count). The largest absolute Gasteiger partial charge is 0.379 e. The second kappa shape index (κ2) is 15.8. The van der Waals surface area contributed by atoms with Crippen LogP contribution in [0.15, 0.2) is 91.0 Å². The molecule has 2 heterocycles. The molecule has 0 atom stereocenters. The summed E-state index contributed by atoms with van der Waals surface area (Å²) in [5.41, 5.74) is 3.30. The summed E-state index contributed by atoms with van der Waals surface area (Å²) >= 11 is 6.20. The van der Waals surface area contributed by atoms with E-state index in [1.165, 1.54) is 11.1 Å². The second-order valence-corrected chi connectivity index (χ2v) is 12.4. The Bertz CT molecular complexity index is 1790. The highest BCUT2D eigenvalue weighted by Gasteiger charge is 2.30. The van der Waals surface area contributed by atoms with E-state index in [1.54, 1.807) is 60.7 Å². The zero-order chi connectivity index (χ0) is 34.2. The number of nitriles is 1. The number of nitrogens with one attached hydrogen (secondary N) is 2. The van der Waals surface area contributed by atoms with Gasteiger partial charge in [0.2, 0.25) is 0 Å². The molecule has 10 nitrogen and oxygen atoms in total. The minimum Gasteiger partial charge on any atom is -0.379 e. The SMILES string of the molecule is N#Cc1ccc(N(C(=O)Nc2ccc(N3CCCCC3)c(F)c2)N(C(=O)Nc2ccc(CN3CCOCC3)cc2)c2ccc(Cl)cc2)cc1. The van der Waals surface area contributed by atoms with E-state index in [2.05, 4.69) is 21.6 Å². The lowest BCUT2D eigenvalue weighted by molar-refractivity contribution is 0.0342. The Morgan fingerprint density at radius 2 is 1.35 bits per heavy atom. The topological polar surface area (TPSA) is 104 Å². The lowest BCUT2D eigenvalue weighted by Crippen LogP contribution is -2.54. The van der Waals surface area contributed by atoms with E-state index in [-0.39, 0.29) is 11.4 Å². The molecule has 2 fully saturated rings. The minimum absolute atomic E-state index is 0.217. The number of piperidine rings is 1. The molecule has 49 heavy (non-hydrogen) atoms. The number of anilines is 5. The van der Waals surface area contributed by atoms with E-state index in [0.29, 0.717) is 40.9 Å². The normalized spacial score (nSPS) is 14.8. The number of nitrogens with zero attached hydrogens (tertiary/aromatic N) is 5. The summed E-state index contributed by atoms with van der Waals surface area (Å²) in [7, 11) is 0. The summed E-state index contributed by atoms with van der Waals surface area (Å²) in [6.45, 7) is 5.44. The molecule has 4 aromatic carbocycles. The van der Waals surface area contributed by atoms with Gasteiger partial charge in [0.1, 0.15) is 5.82 Å². The molecule has 4 amide bonds. The van der Waals surface area contributed by atoms with Crippen molar-refractivity contribution in [3.63, 3.8) is 0 Å². The first-order valence-corrected chi connectivity index (χ1v) is 16.7. The number of hydrazine groups is 1. The molecule has 252 valence electrons. The van der Waals surface area contributed by atoms with E-state index in [0.717, 1.165) is 62.6 Å². The number of rotatable bonds is 7. The van der Waals surface area contributed by atoms with Crippen LogP contribution in [0, 0.1) is 17.1 Å². The number of hydrogen-bond donors (Lipinski definition) is 2. The number of halogens is 2. The van der Waals surface area contributed by atoms with Crippen LogP contribution in [0.3, 0.4) is 0 Å². The smallest absolute Gasteiger partial charge is 0.345 e. The maximum absolute atomic E-state index is 15.4. The van der Waals surface area contributed by atoms with Crippen LogP contribution in [0.2, 0.25) is 5.02 Å². The Labute approximate surface area is 290 Å². The van der Waals surface area contributed by atoms with Crippen LogP contribution < -0.4 is 25.6 Å². The van der Waals surface area contributed by atoms with Crippen molar-refractivity contribution in [2.75, 3.05) is 64.9 Å². The van der Waals surface area contributed by atoms with Gasteiger partial charge in [0.25, 0.3) is 0 Å². The average Bonchev–Trinajstić information content (AvgIpc) is 3.13. The number of hydrogen-bond acceptors (Lipinski definition) is 6. The van der Waals surface area contributed by atoms with Gasteiger partial charge in [0.05, 0.1) is 41.9 Å². The number of benzene rings is 4. The molecule has 12 heteroatoms. The summed E-state index contributed by atoms with van der Waals surface area (Å²) in [6.07, 6.45) is 3.12. The third kappa shape index (κ3) is 8.48. The highest BCUT2D eigenvalue weighted by molar-refractivity contribution is 6.30. The first-order chi connectivity index (χ1) is 23.9. The molecule has 2 aliphatic rings. The zero-order valence-corrected chi connectivity index (χ0v) is 27.7. The summed E-state index contributed by atoms with van der Waals surface area (Å²) in [5, 5.41) is 17.9. The Kier molecular flexibility index (Phi) is 10.9. The standard InChI is InChI=1S/C37H37ClFN7O3/c38-29-8-15-33(16-9-29)46(36(47)41-30-10-4-28(5-11-30)26-43-20-22-49-23-21-43)45(32-13-6-27(25-40)7-14-32)37(48)42-31-12-17-35(34(39)24-31)44-18-2-1-3-19-44/h4-17,24H,1-3,18-23,26H2,(H,41,47)(H,42,48). The van der Waals surface area contributed by atoms with Gasteiger partial charge in [-0.2, -0.15) is 15.3 Å². The molecule has 0 saturated carbocycles. The third-order valence-electron chi connectivity index (χ3n) is 8.51. The molecular formula is C37H37ClFN7O3. The monoisotopic (exact) mass is 681 g/mol. The second-order valence-electron chi connectivity index (χ2n) is 11.9. The number of carbonyl (C=O) groups is 2. The van der Waals surface area contributed by atoms with E-state index in [9.17, 15) is 14.9 Å². The summed E-state index contributed by atoms with van der Waals surface area (Å²) in [6, 6.07) is 25.5. The number of morpholine rings is 1. The maximum Gasteiger partial charge on any atom is 0.345 e. The fraction of sp³-hybridized carbons (Fsp3) is 0.270. The van der Waals surface area contributed by atoms with Crippen molar-refractivity contribution in [2.45, 2.75) is 25.8 Å². The fourth-order valence-corrected chi connectivity index (χ4v) is 6.07. The van der Waals surface area contributed by atoms with E-state index >= 15 is 4.39 Å². The third-order valence-corrected chi connectivity index (χ3v) is 8.76. The lowest BCUT2D eigenvalue weighted by Gasteiger charge is -2.35. The first-order valence-electron chi connectivity index (χ1n) is 16.3. The van der Waals surface area contributed by atoms with E-state index < -0.39 is 17.9 Å². The Balaban J connectivity index is 1.30. The van der Waals surface area contributed by atoms with Crippen molar-refractivity contribution in [3.8, 4) is 6.07 Å². The first kappa shape index (κ1) is 33.7. The molecule has 0 radical (unpaired) electrons. The van der Waals surface area contributed by atoms with E-state index in [4.69, 9.17) is 16.3 Å². The van der Waals surface area contributed by atoms with Gasteiger partial charge < -0.3 is 20.3 Å². The van der Waals surface area contributed by atoms with Crippen molar-refractivity contribution < 1.29 is 18.7 Å². The number of ether oxygens (including phenoxy) is 1. The predicted octanol–water partition coefficient (Wildman–Crippen LogP) is 7.87. The molecule has 4 aromatic rings. The van der Waals surface area contributed by atoms with Gasteiger partial charge in [0.15, 0.2) is 0 Å². The highest BCUT2D eigenvalue weighted by atomic mass is 35.5. The molecule has 2 aliphatic heterocycles. The lowest BCUT2D eigenvalue weighted by atomic mass is 10.1. The maximum atomic E-state index is 15.4. The zero-order valence-electron chi connectivity index (χ0n) is 26.9. The average molecular weight is 682 g/mol. The van der Waals surface area contributed by atoms with Gasteiger partial charge >= 0.3 is 12.1 Å². The molecule has 0 spiro atoms. The van der Waals surface area contributed by atoms with Gasteiger partial charge in [-0.1, -0.05) is 23.7 Å². The van der Waals surface area contributed by atoms with Crippen LogP contribution >= 0.6 is 11.6 Å². The van der Waals surface area contributed by atoms with Crippen LogP contribution in [0.1, 0.15) is 30.4 Å². The van der Waals surface area contributed by atoms with Crippen LogP contribution in [-0.4, -0.2) is 56.4 Å². The van der Waals surface area contributed by atoms with Gasteiger partial charge in [-0.25, -0.2) is 14.0 Å². The molecule has 2 saturated heterocycles. The summed E-state index contributed by atoms with van der Waals surface area (Å²) < 4.78 is 20.8. The Hall–Kier alpha value is -5.15. The van der Waals surface area contributed by atoms with Crippen molar-refractivity contribution in [1.29, 1.82) is 5.26 Å². The van der Waals surface area contributed by atoms with Crippen LogP contribution in [0.5, 0.6) is 0 Å². The van der Waals surface area contributed by atoms with Gasteiger partial charge in [-0.15, -0.1) is 0 Å². The van der Waals surface area contributed by atoms with Gasteiger partial charge in [-0.3, -0.25) is 4.90 Å². The van der Waals surface area contributed by atoms with Crippen LogP contribution in [-0.2, 0) is 11.3 Å². The molecule has 0 aliphatic carbocycles. The molecule has 0 unspecified atom stereocenters. The number of urea groups is 2. The Morgan fingerprint density at radius 3 is 1.94 bits per heavy atom. The van der Waals surface area contributed by atoms with E-state index in [1.807, 2.05) is 29.2 Å². The number of amides is 4. The van der Waals surface area contributed by atoms with Crippen molar-refractivity contribution in [3.05, 3.63) is 113 Å². The van der Waals surface area contributed by atoms with Crippen molar-refractivity contribution in [2.24, 2.45) is 0 Å². The van der Waals surface area contributed by atoms with Crippen molar-refractivity contribution in [1.82, 2.24) is 4.90 Å². The van der Waals surface area contributed by atoms with Gasteiger partial charge in [-0.05, 0) is 104 Å². The molecular weight excluding hydrogens is 645 g/mol. The molecule has 2 N–H and O–H groups in total. The van der Waals surface area contributed by atoms with Crippen LogP contribution in [0.4, 0.5) is 42.4 Å². The summed E-state index contributed by atoms with van der Waals surface area (Å²) in [5.74, 6) is -0.450.